The first-order valence-electron chi connectivity index (χ1n) is 12.3. The van der Waals surface area contributed by atoms with Crippen LogP contribution in [-0.4, -0.2) is 62.5 Å². The summed E-state index contributed by atoms with van der Waals surface area (Å²) in [5.74, 6) is 1.15. The van der Waals surface area contributed by atoms with Crippen molar-refractivity contribution >= 4 is 29.4 Å². The first-order valence-corrected chi connectivity index (χ1v) is 12.3. The van der Waals surface area contributed by atoms with Gasteiger partial charge < -0.3 is 29.6 Å². The molecule has 3 aromatic rings. The van der Waals surface area contributed by atoms with Crippen molar-refractivity contribution in [2.24, 2.45) is 0 Å². The van der Waals surface area contributed by atoms with Gasteiger partial charge in [-0.2, -0.15) is 10.2 Å². The zero-order valence-corrected chi connectivity index (χ0v) is 21.5. The number of alkyl carbamates (subject to hydrolysis) is 1. The van der Waals surface area contributed by atoms with Crippen molar-refractivity contribution in [1.29, 1.82) is 0 Å². The normalized spacial score (nSPS) is 17.2. The number of methoxy groups -OCH3 is 1. The molecule has 2 unspecified atom stereocenters. The van der Waals surface area contributed by atoms with Crippen molar-refractivity contribution in [3.05, 3.63) is 35.9 Å². The van der Waals surface area contributed by atoms with E-state index in [1.807, 2.05) is 26.0 Å². The van der Waals surface area contributed by atoms with Crippen molar-refractivity contribution in [3.8, 4) is 0 Å². The molecule has 3 aromatic heterocycles. The Balaban J connectivity index is 1.54. The van der Waals surface area contributed by atoms with Crippen LogP contribution in [0.1, 0.15) is 57.3 Å². The number of nitrogens with zero attached hydrogens (tertiary/aromatic N) is 5. The summed E-state index contributed by atoms with van der Waals surface area (Å²) < 4.78 is 24.2. The number of rotatable bonds is 10. The number of nitrogens with one attached hydrogen (secondary N) is 2. The van der Waals surface area contributed by atoms with E-state index in [0.717, 1.165) is 29.7 Å². The Labute approximate surface area is 214 Å². The Kier molecular flexibility index (Phi) is 8.43. The molecule has 1 fully saturated rings. The molecule has 3 heterocycles. The van der Waals surface area contributed by atoms with Gasteiger partial charge in [-0.1, -0.05) is 0 Å². The molecule has 1 aliphatic rings. The molecular weight excluding hydrogens is 482 g/mol. The van der Waals surface area contributed by atoms with Crippen molar-refractivity contribution in [3.63, 3.8) is 0 Å². The molecule has 1 amide bonds. The Bertz CT molecular complexity index is 1220. The summed E-state index contributed by atoms with van der Waals surface area (Å²) in [6.45, 7) is 5.95. The molecule has 0 aliphatic heterocycles. The number of hydrogen-bond donors (Lipinski definition) is 2. The van der Waals surface area contributed by atoms with Gasteiger partial charge in [0.2, 0.25) is 0 Å². The molecular formula is C24H33N7O6. The highest BCUT2D eigenvalue weighted by Gasteiger charge is 2.32. The highest BCUT2D eigenvalue weighted by Crippen LogP contribution is 2.37. The fraction of sp³-hybridized carbons (Fsp3) is 0.542. The van der Waals surface area contributed by atoms with Crippen molar-refractivity contribution < 1.29 is 28.5 Å². The van der Waals surface area contributed by atoms with Gasteiger partial charge in [-0.15, -0.1) is 0 Å². The molecule has 13 nitrogen and oxygen atoms in total. The van der Waals surface area contributed by atoms with Gasteiger partial charge in [0, 0.05) is 43.2 Å². The summed E-state index contributed by atoms with van der Waals surface area (Å²) in [6.07, 6.45) is 4.14. The molecule has 1 aliphatic carbocycles. The largest absolute Gasteiger partial charge is 0.510 e. The van der Waals surface area contributed by atoms with E-state index in [1.54, 1.807) is 35.6 Å². The number of amides is 1. The summed E-state index contributed by atoms with van der Waals surface area (Å²) >= 11 is 0. The number of anilines is 2. The van der Waals surface area contributed by atoms with Crippen LogP contribution in [0.5, 0.6) is 0 Å². The molecule has 1 saturated carbocycles. The third-order valence-electron chi connectivity index (χ3n) is 5.84. The molecule has 0 saturated heterocycles. The Morgan fingerprint density at radius 1 is 1.19 bits per heavy atom. The van der Waals surface area contributed by atoms with E-state index in [1.165, 1.54) is 0 Å². The number of ether oxygens (including phenoxy) is 4. The lowest BCUT2D eigenvalue weighted by molar-refractivity contribution is 0.0323. The van der Waals surface area contributed by atoms with Crippen LogP contribution in [0, 0.1) is 0 Å². The second-order valence-corrected chi connectivity index (χ2v) is 9.05. The van der Waals surface area contributed by atoms with Gasteiger partial charge in [0.25, 0.3) is 0 Å². The van der Waals surface area contributed by atoms with Gasteiger partial charge >= 0.3 is 12.2 Å². The van der Waals surface area contributed by atoms with Gasteiger partial charge in [0.15, 0.2) is 18.4 Å². The predicted octanol–water partition coefficient (Wildman–Crippen LogP) is 3.72. The van der Waals surface area contributed by atoms with E-state index in [2.05, 4.69) is 25.8 Å². The quantitative estimate of drug-likeness (QED) is 0.383. The first-order chi connectivity index (χ1) is 17.9. The third-order valence-corrected chi connectivity index (χ3v) is 5.84. The average Bonchev–Trinajstić information content (AvgIpc) is 3.56. The lowest BCUT2D eigenvalue weighted by Gasteiger charge is -2.15. The summed E-state index contributed by atoms with van der Waals surface area (Å²) in [5.41, 5.74) is 2.38. The van der Waals surface area contributed by atoms with Gasteiger partial charge in [-0.3, -0.25) is 0 Å². The molecule has 13 heteroatoms. The van der Waals surface area contributed by atoms with Crippen molar-refractivity contribution in [2.75, 3.05) is 19.0 Å². The summed E-state index contributed by atoms with van der Waals surface area (Å²) in [4.78, 5) is 28.3. The summed E-state index contributed by atoms with van der Waals surface area (Å²) in [7, 11) is 1.61. The van der Waals surface area contributed by atoms with Crippen LogP contribution in [-0.2, 0) is 32.3 Å². The number of hydrogen-bond acceptors (Lipinski definition) is 10. The maximum atomic E-state index is 12.1. The topological polar surface area (TPSA) is 143 Å². The standard InChI is InChI=1S/C24H33N7O6/c1-5-35-24(33)36-14-31-19(16-6-7-18(10-16)37-23(32)26-15(2)3)12-21(29-31)27-22-20-11-17(13-34-4)28-30(20)9-8-25-22/h8-9,11-12,15-16,18H,5-7,10,13-14H2,1-4H3,(H,26,32)(H,25,27,29). The number of fused-ring (bicyclic) bond motifs is 1. The van der Waals surface area contributed by atoms with E-state index in [9.17, 15) is 9.59 Å². The molecule has 0 spiro atoms. The second kappa shape index (κ2) is 11.9. The van der Waals surface area contributed by atoms with Gasteiger partial charge in [0.05, 0.1) is 18.9 Å². The first kappa shape index (κ1) is 26.2. The predicted molar refractivity (Wildman–Crippen MR) is 132 cm³/mol. The highest BCUT2D eigenvalue weighted by atomic mass is 16.7. The molecule has 37 heavy (non-hydrogen) atoms. The van der Waals surface area contributed by atoms with Crippen molar-refractivity contribution in [1.82, 2.24) is 29.7 Å². The molecule has 200 valence electrons. The molecule has 2 N–H and O–H groups in total. The number of carbonyl (C=O) groups is 2. The number of aromatic nitrogens is 5. The average molecular weight is 516 g/mol. The van der Waals surface area contributed by atoms with Crippen LogP contribution >= 0.6 is 0 Å². The number of carbonyl (C=O) groups excluding carboxylic acids is 2. The molecule has 0 bridgehead atoms. The Morgan fingerprint density at radius 3 is 2.78 bits per heavy atom. The molecule has 4 rings (SSSR count). The van der Waals surface area contributed by atoms with E-state index in [-0.39, 0.29) is 31.4 Å². The van der Waals surface area contributed by atoms with Crippen molar-refractivity contribution in [2.45, 2.75) is 71.4 Å². The van der Waals surface area contributed by atoms with E-state index in [4.69, 9.17) is 18.9 Å². The zero-order valence-electron chi connectivity index (χ0n) is 21.5. The minimum Gasteiger partial charge on any atom is -0.446 e. The minimum atomic E-state index is -0.771. The van der Waals surface area contributed by atoms with Crippen LogP contribution in [0.3, 0.4) is 0 Å². The van der Waals surface area contributed by atoms with Gasteiger partial charge in [0.1, 0.15) is 11.6 Å². The fourth-order valence-electron chi connectivity index (χ4n) is 4.34. The smallest absolute Gasteiger partial charge is 0.446 e. The zero-order chi connectivity index (χ0) is 26.4. The van der Waals surface area contributed by atoms with Crippen LogP contribution in [0.4, 0.5) is 21.2 Å². The van der Waals surface area contributed by atoms with E-state index >= 15 is 0 Å². The van der Waals surface area contributed by atoms with Crippen LogP contribution in [0.25, 0.3) is 5.52 Å². The Hall–Kier alpha value is -3.87. The third kappa shape index (κ3) is 6.67. The molecule has 2 atom stereocenters. The van der Waals surface area contributed by atoms with Gasteiger partial charge in [-0.05, 0) is 46.1 Å². The molecule has 0 aromatic carbocycles. The van der Waals surface area contributed by atoms with Gasteiger partial charge in [-0.25, -0.2) is 23.8 Å². The van der Waals surface area contributed by atoms with E-state index < -0.39 is 12.2 Å². The second-order valence-electron chi connectivity index (χ2n) is 9.05. The maximum Gasteiger partial charge on any atom is 0.510 e. The van der Waals surface area contributed by atoms with Crippen LogP contribution in [0.15, 0.2) is 24.5 Å². The minimum absolute atomic E-state index is 0.000722. The summed E-state index contributed by atoms with van der Waals surface area (Å²) in [5, 5.41) is 15.1. The summed E-state index contributed by atoms with van der Waals surface area (Å²) in [6, 6.07) is 3.79. The van der Waals surface area contributed by atoms with Crippen LogP contribution in [0.2, 0.25) is 0 Å². The van der Waals surface area contributed by atoms with Crippen LogP contribution < -0.4 is 10.6 Å². The lowest BCUT2D eigenvalue weighted by atomic mass is 10.0. The SMILES string of the molecule is CCOC(=O)OCn1nc(Nc2nccn3nc(COC)cc23)cc1C1CCC(OC(=O)NC(C)C)C1. The molecule has 0 radical (unpaired) electrons. The monoisotopic (exact) mass is 515 g/mol. The lowest BCUT2D eigenvalue weighted by Crippen LogP contribution is -2.33. The highest BCUT2D eigenvalue weighted by molar-refractivity contribution is 5.72. The Morgan fingerprint density at radius 2 is 2.03 bits per heavy atom. The van der Waals surface area contributed by atoms with E-state index in [0.29, 0.717) is 24.7 Å². The maximum absolute atomic E-state index is 12.1. The fourth-order valence-corrected chi connectivity index (χ4v) is 4.34.